The number of methoxy groups -OCH3 is 1. The molecule has 1 saturated carbocycles. The van der Waals surface area contributed by atoms with Crippen LogP contribution in [0.25, 0.3) is 0 Å². The number of rotatable bonds is 5. The average molecular weight is 251 g/mol. The first-order valence-electron chi connectivity index (χ1n) is 6.80. The van der Waals surface area contributed by atoms with Crippen molar-refractivity contribution in [1.82, 2.24) is 0 Å². The molecule has 1 unspecified atom stereocenters. The van der Waals surface area contributed by atoms with E-state index in [0.29, 0.717) is 5.56 Å². The Bertz CT molecular complexity index is 388. The second kappa shape index (κ2) is 6.19. The molecule has 0 amide bonds. The summed E-state index contributed by atoms with van der Waals surface area (Å²) in [4.78, 5) is 0. The molecule has 0 spiro atoms. The van der Waals surface area contributed by atoms with Crippen molar-refractivity contribution in [3.63, 3.8) is 0 Å². The summed E-state index contributed by atoms with van der Waals surface area (Å²) in [5, 5.41) is 0. The summed E-state index contributed by atoms with van der Waals surface area (Å²) in [6.45, 7) is 0. The predicted molar refractivity (Wildman–Crippen MR) is 71.1 cm³/mol. The lowest BCUT2D eigenvalue weighted by Gasteiger charge is -2.16. The smallest absolute Gasteiger partial charge is 0.169 e. The van der Waals surface area contributed by atoms with Gasteiger partial charge in [-0.15, -0.1) is 0 Å². The van der Waals surface area contributed by atoms with Gasteiger partial charge in [0.05, 0.1) is 7.11 Å². The third-order valence-electron chi connectivity index (χ3n) is 3.97. The molecule has 2 rings (SSSR count). The number of hydrogen-bond acceptors (Lipinski definition) is 2. The molecule has 0 aromatic heterocycles. The maximum atomic E-state index is 14.0. The Morgan fingerprint density at radius 3 is 2.78 bits per heavy atom. The summed E-state index contributed by atoms with van der Waals surface area (Å²) in [6.07, 6.45) is 7.27. The highest BCUT2D eigenvalue weighted by atomic mass is 19.1. The van der Waals surface area contributed by atoms with Crippen LogP contribution in [0.15, 0.2) is 18.2 Å². The van der Waals surface area contributed by atoms with Gasteiger partial charge in [-0.2, -0.15) is 0 Å². The molecule has 1 aromatic carbocycles. The zero-order chi connectivity index (χ0) is 13.0. The summed E-state index contributed by atoms with van der Waals surface area (Å²) >= 11 is 0. The molecule has 0 bridgehead atoms. The van der Waals surface area contributed by atoms with Gasteiger partial charge in [0.25, 0.3) is 0 Å². The highest BCUT2D eigenvalue weighted by Crippen LogP contribution is 2.32. The molecule has 2 N–H and O–H groups in total. The molecular formula is C15H22FNO. The van der Waals surface area contributed by atoms with E-state index in [1.165, 1.54) is 32.8 Å². The van der Waals surface area contributed by atoms with E-state index in [1.54, 1.807) is 18.2 Å². The standard InChI is InChI=1S/C15H22FNO/c1-18-14-8-4-7-12(15(14)16)13(17)10-9-11-5-2-3-6-11/h4,7-8,11,13H,2-3,5-6,9-10,17H2,1H3. The molecule has 1 aliphatic carbocycles. The lowest BCUT2D eigenvalue weighted by atomic mass is 9.95. The van der Waals surface area contributed by atoms with Crippen LogP contribution < -0.4 is 10.5 Å². The van der Waals surface area contributed by atoms with Crippen LogP contribution in [0.5, 0.6) is 5.75 Å². The highest BCUT2D eigenvalue weighted by Gasteiger charge is 2.19. The van der Waals surface area contributed by atoms with E-state index in [0.717, 1.165) is 18.8 Å². The number of nitrogens with two attached hydrogens (primary N) is 1. The minimum absolute atomic E-state index is 0.222. The van der Waals surface area contributed by atoms with E-state index in [9.17, 15) is 4.39 Å². The third-order valence-corrected chi connectivity index (χ3v) is 3.97. The second-order valence-corrected chi connectivity index (χ2v) is 5.20. The summed E-state index contributed by atoms with van der Waals surface area (Å²) < 4.78 is 19.0. The maximum Gasteiger partial charge on any atom is 0.169 e. The van der Waals surface area contributed by atoms with E-state index in [4.69, 9.17) is 10.5 Å². The van der Waals surface area contributed by atoms with Crippen molar-refractivity contribution in [2.75, 3.05) is 7.11 Å². The van der Waals surface area contributed by atoms with Crippen LogP contribution in [-0.2, 0) is 0 Å². The van der Waals surface area contributed by atoms with Gasteiger partial charge >= 0.3 is 0 Å². The number of benzene rings is 1. The number of halogens is 1. The summed E-state index contributed by atoms with van der Waals surface area (Å²) in [5.74, 6) is 0.771. The maximum absolute atomic E-state index is 14.0. The van der Waals surface area contributed by atoms with Crippen LogP contribution in [0.2, 0.25) is 0 Å². The zero-order valence-electron chi connectivity index (χ0n) is 11.0. The molecule has 1 fully saturated rings. The molecule has 1 atom stereocenters. The molecule has 0 radical (unpaired) electrons. The van der Waals surface area contributed by atoms with Crippen molar-refractivity contribution in [1.29, 1.82) is 0 Å². The van der Waals surface area contributed by atoms with Crippen LogP contribution in [0, 0.1) is 11.7 Å². The van der Waals surface area contributed by atoms with E-state index in [2.05, 4.69) is 0 Å². The van der Waals surface area contributed by atoms with Crippen molar-refractivity contribution in [2.24, 2.45) is 11.7 Å². The first-order chi connectivity index (χ1) is 8.72. The quantitative estimate of drug-likeness (QED) is 0.863. The zero-order valence-corrected chi connectivity index (χ0v) is 11.0. The van der Waals surface area contributed by atoms with Crippen LogP contribution in [0.1, 0.15) is 50.1 Å². The fourth-order valence-electron chi connectivity index (χ4n) is 2.84. The SMILES string of the molecule is COc1cccc(C(N)CCC2CCCC2)c1F. The Kier molecular flexibility index (Phi) is 4.59. The van der Waals surface area contributed by atoms with Gasteiger partial charge in [-0.05, 0) is 24.8 Å². The fraction of sp³-hybridized carbons (Fsp3) is 0.600. The van der Waals surface area contributed by atoms with Gasteiger partial charge in [0.15, 0.2) is 11.6 Å². The molecule has 1 aromatic rings. The Morgan fingerprint density at radius 1 is 1.39 bits per heavy atom. The van der Waals surface area contributed by atoms with E-state index in [-0.39, 0.29) is 17.6 Å². The van der Waals surface area contributed by atoms with Gasteiger partial charge in [0, 0.05) is 11.6 Å². The molecule has 0 aliphatic heterocycles. The summed E-state index contributed by atoms with van der Waals surface area (Å²) in [7, 11) is 1.48. The van der Waals surface area contributed by atoms with Gasteiger partial charge in [0.2, 0.25) is 0 Å². The van der Waals surface area contributed by atoms with Crippen LogP contribution in [-0.4, -0.2) is 7.11 Å². The minimum atomic E-state index is -0.307. The van der Waals surface area contributed by atoms with Crippen LogP contribution >= 0.6 is 0 Å². The fourth-order valence-corrected chi connectivity index (χ4v) is 2.84. The molecular weight excluding hydrogens is 229 g/mol. The van der Waals surface area contributed by atoms with Crippen LogP contribution in [0.4, 0.5) is 4.39 Å². The van der Waals surface area contributed by atoms with Gasteiger partial charge < -0.3 is 10.5 Å². The summed E-state index contributed by atoms with van der Waals surface area (Å²) in [6, 6.07) is 4.97. The molecule has 1 aliphatic rings. The number of ether oxygens (including phenoxy) is 1. The Balaban J connectivity index is 1.97. The molecule has 3 heteroatoms. The van der Waals surface area contributed by atoms with Gasteiger partial charge in [-0.3, -0.25) is 0 Å². The highest BCUT2D eigenvalue weighted by molar-refractivity contribution is 5.32. The Hall–Kier alpha value is -1.09. The Morgan fingerprint density at radius 2 is 2.11 bits per heavy atom. The first kappa shape index (κ1) is 13.3. The average Bonchev–Trinajstić information content (AvgIpc) is 2.89. The topological polar surface area (TPSA) is 35.2 Å². The lowest BCUT2D eigenvalue weighted by Crippen LogP contribution is -2.14. The van der Waals surface area contributed by atoms with Crippen molar-refractivity contribution in [2.45, 2.75) is 44.6 Å². The monoisotopic (exact) mass is 251 g/mol. The van der Waals surface area contributed by atoms with Gasteiger partial charge in [-0.1, -0.05) is 37.8 Å². The largest absolute Gasteiger partial charge is 0.494 e. The second-order valence-electron chi connectivity index (χ2n) is 5.20. The Labute approximate surface area is 108 Å². The number of hydrogen-bond donors (Lipinski definition) is 1. The summed E-state index contributed by atoms with van der Waals surface area (Å²) in [5.41, 5.74) is 6.68. The third kappa shape index (κ3) is 3.02. The molecule has 0 heterocycles. The molecule has 18 heavy (non-hydrogen) atoms. The van der Waals surface area contributed by atoms with E-state index >= 15 is 0 Å². The van der Waals surface area contributed by atoms with E-state index < -0.39 is 0 Å². The minimum Gasteiger partial charge on any atom is -0.494 e. The lowest BCUT2D eigenvalue weighted by molar-refractivity contribution is 0.379. The van der Waals surface area contributed by atoms with Gasteiger partial charge in [-0.25, -0.2) is 4.39 Å². The van der Waals surface area contributed by atoms with Crippen molar-refractivity contribution >= 4 is 0 Å². The van der Waals surface area contributed by atoms with E-state index in [1.807, 2.05) is 0 Å². The van der Waals surface area contributed by atoms with Crippen molar-refractivity contribution in [3.8, 4) is 5.75 Å². The van der Waals surface area contributed by atoms with Crippen LogP contribution in [0.3, 0.4) is 0 Å². The van der Waals surface area contributed by atoms with Crippen molar-refractivity contribution in [3.05, 3.63) is 29.6 Å². The first-order valence-corrected chi connectivity index (χ1v) is 6.80. The van der Waals surface area contributed by atoms with Crippen molar-refractivity contribution < 1.29 is 9.13 Å². The molecule has 0 saturated heterocycles. The predicted octanol–water partition coefficient (Wildman–Crippen LogP) is 3.80. The molecule has 100 valence electrons. The van der Waals surface area contributed by atoms with Gasteiger partial charge in [0.1, 0.15) is 0 Å². The normalized spacial score (nSPS) is 17.9. The molecule has 2 nitrogen and oxygen atoms in total.